The summed E-state index contributed by atoms with van der Waals surface area (Å²) in [4.78, 5) is 13.0. The molecule has 1 amide bonds. The van der Waals surface area contributed by atoms with Crippen LogP contribution in [0.2, 0.25) is 0 Å². The SMILES string of the molecule is CN1C(=O)OCC12CCCNCC2. The fraction of sp³-hybridized carbons (Fsp3) is 0.889. The molecule has 2 rings (SSSR count). The van der Waals surface area contributed by atoms with Gasteiger partial charge in [-0.05, 0) is 32.4 Å². The highest BCUT2D eigenvalue weighted by atomic mass is 16.6. The Kier molecular flexibility index (Phi) is 2.15. The van der Waals surface area contributed by atoms with Crippen molar-refractivity contribution >= 4 is 6.09 Å². The average molecular weight is 184 g/mol. The van der Waals surface area contributed by atoms with Gasteiger partial charge < -0.3 is 15.0 Å². The Balaban J connectivity index is 2.13. The van der Waals surface area contributed by atoms with Crippen molar-refractivity contribution in [2.75, 3.05) is 26.7 Å². The second-order valence-electron chi connectivity index (χ2n) is 3.94. The molecule has 2 aliphatic rings. The normalized spacial score (nSPS) is 34.8. The van der Waals surface area contributed by atoms with Crippen LogP contribution in [0.15, 0.2) is 0 Å². The van der Waals surface area contributed by atoms with Crippen LogP contribution in [0.3, 0.4) is 0 Å². The lowest BCUT2D eigenvalue weighted by Crippen LogP contribution is -2.45. The Hall–Kier alpha value is -0.770. The number of likely N-dealkylation sites (N-methyl/N-ethyl adjacent to an activating group) is 1. The smallest absolute Gasteiger partial charge is 0.410 e. The summed E-state index contributed by atoms with van der Waals surface area (Å²) in [6, 6.07) is 0. The van der Waals surface area contributed by atoms with Crippen LogP contribution >= 0.6 is 0 Å². The molecule has 0 saturated carbocycles. The van der Waals surface area contributed by atoms with E-state index in [1.165, 1.54) is 0 Å². The summed E-state index contributed by atoms with van der Waals surface area (Å²) in [5.41, 5.74) is -0.0133. The highest BCUT2D eigenvalue weighted by Crippen LogP contribution is 2.31. The highest BCUT2D eigenvalue weighted by molar-refractivity contribution is 5.70. The standard InChI is InChI=1S/C9H16N2O2/c1-11-8(12)13-7-9(11)3-2-5-10-6-4-9/h10H,2-7H2,1H3. The molecule has 4 nitrogen and oxygen atoms in total. The first-order valence-electron chi connectivity index (χ1n) is 4.86. The summed E-state index contributed by atoms with van der Waals surface area (Å²) in [5.74, 6) is 0. The molecule has 1 atom stereocenters. The zero-order valence-corrected chi connectivity index (χ0v) is 8.01. The second kappa shape index (κ2) is 3.18. The number of carbonyl (C=O) groups excluding carboxylic acids is 1. The molecule has 0 aromatic heterocycles. The third kappa shape index (κ3) is 1.39. The zero-order valence-electron chi connectivity index (χ0n) is 8.01. The lowest BCUT2D eigenvalue weighted by molar-refractivity contribution is 0.160. The Morgan fingerprint density at radius 3 is 3.00 bits per heavy atom. The van der Waals surface area contributed by atoms with E-state index >= 15 is 0 Å². The first-order chi connectivity index (χ1) is 6.25. The Labute approximate surface area is 78.2 Å². The Bertz CT molecular complexity index is 210. The zero-order chi connectivity index (χ0) is 9.31. The third-order valence-electron chi connectivity index (χ3n) is 3.21. The molecule has 2 heterocycles. The van der Waals surface area contributed by atoms with E-state index in [-0.39, 0.29) is 11.6 Å². The van der Waals surface area contributed by atoms with Gasteiger partial charge in [-0.15, -0.1) is 0 Å². The van der Waals surface area contributed by atoms with Gasteiger partial charge in [0, 0.05) is 7.05 Å². The lowest BCUT2D eigenvalue weighted by Gasteiger charge is -2.31. The van der Waals surface area contributed by atoms with Gasteiger partial charge in [-0.3, -0.25) is 0 Å². The van der Waals surface area contributed by atoms with E-state index in [9.17, 15) is 4.79 Å². The van der Waals surface area contributed by atoms with Gasteiger partial charge in [0.1, 0.15) is 6.61 Å². The molecule has 74 valence electrons. The molecule has 0 aliphatic carbocycles. The summed E-state index contributed by atoms with van der Waals surface area (Å²) in [6.07, 6.45) is 3.03. The predicted molar refractivity (Wildman–Crippen MR) is 48.6 cm³/mol. The van der Waals surface area contributed by atoms with Crippen molar-refractivity contribution < 1.29 is 9.53 Å². The number of carbonyl (C=O) groups is 1. The van der Waals surface area contributed by atoms with Crippen LogP contribution in [-0.4, -0.2) is 43.3 Å². The number of nitrogens with zero attached hydrogens (tertiary/aromatic N) is 1. The number of hydrogen-bond donors (Lipinski definition) is 1. The number of ether oxygens (including phenoxy) is 1. The van der Waals surface area contributed by atoms with Gasteiger partial charge >= 0.3 is 6.09 Å². The van der Waals surface area contributed by atoms with Crippen molar-refractivity contribution in [3.05, 3.63) is 0 Å². The average Bonchev–Trinajstić information content (AvgIpc) is 2.38. The summed E-state index contributed by atoms with van der Waals surface area (Å²) in [7, 11) is 1.85. The maximum atomic E-state index is 11.2. The molecule has 2 aliphatic heterocycles. The van der Waals surface area contributed by atoms with Gasteiger partial charge in [-0.2, -0.15) is 0 Å². The Morgan fingerprint density at radius 1 is 1.46 bits per heavy atom. The molecule has 2 saturated heterocycles. The largest absolute Gasteiger partial charge is 0.447 e. The fourth-order valence-electron chi connectivity index (χ4n) is 2.18. The summed E-state index contributed by atoms with van der Waals surface area (Å²) < 4.78 is 5.07. The van der Waals surface area contributed by atoms with Crippen molar-refractivity contribution in [3.8, 4) is 0 Å². The van der Waals surface area contributed by atoms with Gasteiger partial charge in [-0.25, -0.2) is 4.79 Å². The maximum absolute atomic E-state index is 11.2. The third-order valence-corrected chi connectivity index (χ3v) is 3.21. The van der Waals surface area contributed by atoms with Crippen LogP contribution < -0.4 is 5.32 Å². The number of hydrogen-bond acceptors (Lipinski definition) is 3. The molecular formula is C9H16N2O2. The van der Waals surface area contributed by atoms with Crippen LogP contribution in [0.4, 0.5) is 4.79 Å². The van der Waals surface area contributed by atoms with Gasteiger partial charge in [0.25, 0.3) is 0 Å². The quantitative estimate of drug-likeness (QED) is 0.598. The molecular weight excluding hydrogens is 168 g/mol. The first-order valence-corrected chi connectivity index (χ1v) is 4.86. The minimum Gasteiger partial charge on any atom is -0.447 e. The first kappa shape index (κ1) is 8.81. The maximum Gasteiger partial charge on any atom is 0.410 e. The van der Waals surface area contributed by atoms with Crippen molar-refractivity contribution in [3.63, 3.8) is 0 Å². The van der Waals surface area contributed by atoms with E-state index in [0.29, 0.717) is 6.61 Å². The van der Waals surface area contributed by atoms with Crippen LogP contribution in [0.25, 0.3) is 0 Å². The van der Waals surface area contributed by atoms with E-state index in [4.69, 9.17) is 4.74 Å². The molecule has 0 aromatic rings. The van der Waals surface area contributed by atoms with Crippen molar-refractivity contribution in [1.82, 2.24) is 10.2 Å². The molecule has 4 heteroatoms. The monoisotopic (exact) mass is 184 g/mol. The van der Waals surface area contributed by atoms with Crippen LogP contribution in [0.1, 0.15) is 19.3 Å². The number of cyclic esters (lactones) is 1. The van der Waals surface area contributed by atoms with Crippen LogP contribution in [0, 0.1) is 0 Å². The van der Waals surface area contributed by atoms with Gasteiger partial charge in [0.2, 0.25) is 0 Å². The molecule has 0 aromatic carbocycles. The van der Waals surface area contributed by atoms with E-state index in [1.54, 1.807) is 4.90 Å². The van der Waals surface area contributed by atoms with E-state index in [0.717, 1.165) is 32.4 Å². The minimum atomic E-state index is -0.165. The number of rotatable bonds is 0. The van der Waals surface area contributed by atoms with E-state index in [2.05, 4.69) is 5.32 Å². The highest BCUT2D eigenvalue weighted by Gasteiger charge is 2.44. The van der Waals surface area contributed by atoms with E-state index < -0.39 is 0 Å². The Morgan fingerprint density at radius 2 is 2.31 bits per heavy atom. The molecule has 1 spiro atoms. The molecule has 2 fully saturated rings. The van der Waals surface area contributed by atoms with Crippen LogP contribution in [-0.2, 0) is 4.74 Å². The minimum absolute atomic E-state index is 0.0133. The molecule has 13 heavy (non-hydrogen) atoms. The van der Waals surface area contributed by atoms with Crippen molar-refractivity contribution in [1.29, 1.82) is 0 Å². The fourth-order valence-corrected chi connectivity index (χ4v) is 2.18. The summed E-state index contributed by atoms with van der Waals surface area (Å²) >= 11 is 0. The van der Waals surface area contributed by atoms with Crippen molar-refractivity contribution in [2.45, 2.75) is 24.8 Å². The molecule has 1 N–H and O–H groups in total. The molecule has 0 bridgehead atoms. The van der Waals surface area contributed by atoms with Crippen LogP contribution in [0.5, 0.6) is 0 Å². The summed E-state index contributed by atoms with van der Waals surface area (Å²) in [5, 5.41) is 3.34. The number of amides is 1. The van der Waals surface area contributed by atoms with Gasteiger partial charge in [0.15, 0.2) is 0 Å². The molecule has 1 unspecified atom stereocenters. The molecule has 0 radical (unpaired) electrons. The van der Waals surface area contributed by atoms with Gasteiger partial charge in [-0.1, -0.05) is 0 Å². The lowest BCUT2D eigenvalue weighted by atomic mass is 9.91. The van der Waals surface area contributed by atoms with E-state index in [1.807, 2.05) is 7.05 Å². The topological polar surface area (TPSA) is 41.6 Å². The van der Waals surface area contributed by atoms with Crippen molar-refractivity contribution in [2.24, 2.45) is 0 Å². The van der Waals surface area contributed by atoms with Gasteiger partial charge in [0.05, 0.1) is 5.54 Å². The number of nitrogens with one attached hydrogen (secondary N) is 1. The second-order valence-corrected chi connectivity index (χ2v) is 3.94. The summed E-state index contributed by atoms with van der Waals surface area (Å²) in [6.45, 7) is 2.62. The predicted octanol–water partition coefficient (Wildman–Crippen LogP) is 0.581.